The zero-order chi connectivity index (χ0) is 24.6. The first-order valence-corrected chi connectivity index (χ1v) is 10.5. The average molecular weight is 459 g/mol. The van der Waals surface area contributed by atoms with Crippen molar-refractivity contribution >= 4 is 34.6 Å². The summed E-state index contributed by atoms with van der Waals surface area (Å²) in [5.74, 6) is -1.95. The van der Waals surface area contributed by atoms with Gasteiger partial charge in [0.15, 0.2) is 0 Å². The number of carbonyl (C=O) groups excluding carboxylic acids is 3. The van der Waals surface area contributed by atoms with Crippen molar-refractivity contribution in [1.29, 1.82) is 0 Å². The summed E-state index contributed by atoms with van der Waals surface area (Å²) < 4.78 is 0. The Hall–Kier alpha value is -3.66. The van der Waals surface area contributed by atoms with E-state index in [1.54, 1.807) is 20.8 Å². The van der Waals surface area contributed by atoms with E-state index < -0.39 is 47.9 Å². The van der Waals surface area contributed by atoms with Gasteiger partial charge in [-0.15, -0.1) is 0 Å². The third-order valence-electron chi connectivity index (χ3n) is 4.56. The molecule has 0 bridgehead atoms. The minimum atomic E-state index is -1.48. The van der Waals surface area contributed by atoms with Crippen LogP contribution in [0.15, 0.2) is 42.5 Å². The highest BCUT2D eigenvalue weighted by Gasteiger charge is 2.27. The van der Waals surface area contributed by atoms with Gasteiger partial charge in [0.25, 0.3) is 0 Å². The minimum Gasteiger partial charge on any atom is -0.465 e. The van der Waals surface area contributed by atoms with Gasteiger partial charge in [0.1, 0.15) is 12.1 Å². The number of benzene rings is 2. The van der Waals surface area contributed by atoms with Crippen LogP contribution in [0.2, 0.25) is 0 Å². The largest absolute Gasteiger partial charge is 0.465 e. The molecule has 5 N–H and O–H groups in total. The van der Waals surface area contributed by atoms with Crippen LogP contribution in [0.4, 0.5) is 4.79 Å². The highest BCUT2D eigenvalue weighted by Crippen LogP contribution is 2.18. The number of carbonyl (C=O) groups is 4. The second-order valence-electron chi connectivity index (χ2n) is 8.53. The molecule has 0 fully saturated rings. The number of hydrogen-bond donors (Lipinski definition) is 5. The summed E-state index contributed by atoms with van der Waals surface area (Å²) in [6, 6.07) is 11.2. The fourth-order valence-electron chi connectivity index (χ4n) is 2.96. The second kappa shape index (κ2) is 11.3. The fourth-order valence-corrected chi connectivity index (χ4v) is 2.96. The average Bonchev–Trinajstić information content (AvgIpc) is 2.74. The van der Waals surface area contributed by atoms with E-state index in [-0.39, 0.29) is 6.54 Å². The fraction of sp³-hybridized carbons (Fsp3) is 0.391. The molecule has 0 saturated carbocycles. The predicted molar refractivity (Wildman–Crippen MR) is 122 cm³/mol. The van der Waals surface area contributed by atoms with E-state index in [4.69, 9.17) is 9.94 Å². The van der Waals surface area contributed by atoms with Crippen LogP contribution < -0.4 is 21.4 Å². The van der Waals surface area contributed by atoms with Crippen molar-refractivity contribution in [3.05, 3.63) is 48.0 Å². The number of hydrogen-bond acceptors (Lipinski definition) is 5. The molecule has 0 aliphatic rings. The molecule has 0 aliphatic heterocycles. The number of fused-ring (bicyclic) bond motifs is 1. The van der Waals surface area contributed by atoms with Crippen LogP contribution in [0.1, 0.15) is 39.7 Å². The number of hydroxylamine groups is 1. The first kappa shape index (κ1) is 25.6. The van der Waals surface area contributed by atoms with E-state index >= 15 is 0 Å². The van der Waals surface area contributed by atoms with Gasteiger partial charge in [-0.05, 0) is 44.0 Å². The molecule has 33 heavy (non-hydrogen) atoms. The first-order chi connectivity index (χ1) is 15.5. The Labute approximate surface area is 192 Å². The van der Waals surface area contributed by atoms with Crippen LogP contribution in [0, 0.1) is 0 Å². The van der Waals surface area contributed by atoms with Crippen molar-refractivity contribution in [2.45, 2.75) is 58.3 Å². The van der Waals surface area contributed by atoms with Crippen LogP contribution in [0.5, 0.6) is 0 Å². The third-order valence-corrected chi connectivity index (χ3v) is 4.56. The van der Waals surface area contributed by atoms with Crippen molar-refractivity contribution in [1.82, 2.24) is 21.4 Å². The summed E-state index contributed by atoms with van der Waals surface area (Å²) >= 11 is 0. The minimum absolute atomic E-state index is 0.254. The Balaban J connectivity index is 1.94. The molecule has 0 saturated heterocycles. The molecule has 0 aliphatic carbocycles. The van der Waals surface area contributed by atoms with E-state index in [9.17, 15) is 19.2 Å². The Bertz CT molecular complexity index is 1010. The van der Waals surface area contributed by atoms with Crippen molar-refractivity contribution in [3.63, 3.8) is 0 Å². The van der Waals surface area contributed by atoms with Crippen molar-refractivity contribution < 1.29 is 29.1 Å². The number of rotatable bonds is 9. The van der Waals surface area contributed by atoms with Gasteiger partial charge in [0, 0.05) is 6.54 Å². The number of amides is 4. The molecule has 10 heteroatoms. The van der Waals surface area contributed by atoms with Gasteiger partial charge in [-0.1, -0.05) is 42.5 Å². The van der Waals surface area contributed by atoms with Gasteiger partial charge in [0.05, 0.1) is 12.0 Å². The molecule has 2 aromatic carbocycles. The van der Waals surface area contributed by atoms with E-state index in [2.05, 4.69) is 16.1 Å². The Morgan fingerprint density at radius 1 is 0.970 bits per heavy atom. The summed E-state index contributed by atoms with van der Waals surface area (Å²) in [5.41, 5.74) is 2.43. The molecule has 0 aromatic heterocycles. The molecule has 0 radical (unpaired) electrons. The number of carboxylic acid groups (broad SMARTS) is 1. The Morgan fingerprint density at radius 2 is 1.64 bits per heavy atom. The second-order valence-corrected chi connectivity index (χ2v) is 8.53. The topological polar surface area (TPSA) is 146 Å². The Morgan fingerprint density at radius 3 is 2.30 bits per heavy atom. The monoisotopic (exact) mass is 458 g/mol. The molecular formula is C23H30N4O6. The van der Waals surface area contributed by atoms with Gasteiger partial charge >= 0.3 is 6.09 Å². The van der Waals surface area contributed by atoms with Crippen molar-refractivity contribution in [2.75, 3.05) is 0 Å². The van der Waals surface area contributed by atoms with Gasteiger partial charge in [-0.25, -0.2) is 10.3 Å². The zero-order valence-electron chi connectivity index (χ0n) is 19.1. The SMILES string of the molecule is C[C@H](NC(=O)[C@H](CC(=O)NOC(C)(C)C)NC(=O)O)C(=O)NCc1cccc2ccccc12. The molecular weight excluding hydrogens is 428 g/mol. The molecule has 10 nitrogen and oxygen atoms in total. The quantitative estimate of drug-likeness (QED) is 0.363. The van der Waals surface area contributed by atoms with E-state index in [0.717, 1.165) is 16.3 Å². The van der Waals surface area contributed by atoms with Crippen LogP contribution in [0.3, 0.4) is 0 Å². The lowest BCUT2D eigenvalue weighted by Gasteiger charge is -2.22. The molecule has 0 unspecified atom stereocenters. The highest BCUT2D eigenvalue weighted by molar-refractivity contribution is 5.94. The molecule has 2 atom stereocenters. The molecule has 0 heterocycles. The predicted octanol–water partition coefficient (Wildman–Crippen LogP) is 1.83. The summed E-state index contributed by atoms with van der Waals surface area (Å²) in [5, 5.41) is 18.2. The molecule has 2 aromatic rings. The van der Waals surface area contributed by atoms with Gasteiger partial charge in [-0.2, -0.15) is 0 Å². The maximum atomic E-state index is 12.5. The summed E-state index contributed by atoms with van der Waals surface area (Å²) in [6.45, 7) is 6.86. The number of nitrogens with one attached hydrogen (secondary N) is 4. The van der Waals surface area contributed by atoms with Crippen molar-refractivity contribution in [3.8, 4) is 0 Å². The van der Waals surface area contributed by atoms with Crippen molar-refractivity contribution in [2.24, 2.45) is 0 Å². The first-order valence-electron chi connectivity index (χ1n) is 10.5. The lowest BCUT2D eigenvalue weighted by molar-refractivity contribution is -0.147. The molecule has 2 rings (SSSR count). The normalized spacial score (nSPS) is 13.0. The van der Waals surface area contributed by atoms with Gasteiger partial charge < -0.3 is 21.1 Å². The summed E-state index contributed by atoms with van der Waals surface area (Å²) in [6.07, 6.45) is -1.98. The Kier molecular flexibility index (Phi) is 8.75. The molecule has 178 valence electrons. The lowest BCUT2D eigenvalue weighted by atomic mass is 10.0. The maximum absolute atomic E-state index is 12.5. The van der Waals surface area contributed by atoms with Crippen LogP contribution in [0.25, 0.3) is 10.8 Å². The third kappa shape index (κ3) is 8.41. The zero-order valence-corrected chi connectivity index (χ0v) is 19.1. The van der Waals surface area contributed by atoms with Crippen LogP contribution >= 0.6 is 0 Å². The standard InChI is InChI=1S/C23H30N4O6/c1-14(20(29)24-13-16-10-7-9-15-8-5-6-11-17(15)16)25-21(30)18(26-22(31)32)12-19(28)27-33-23(2,3)4/h5-11,14,18,26H,12-13H2,1-4H3,(H,24,29)(H,25,30)(H,27,28)(H,31,32)/t14-,18-/m0/s1. The summed E-state index contributed by atoms with van der Waals surface area (Å²) in [4.78, 5) is 53.3. The maximum Gasteiger partial charge on any atom is 0.405 e. The van der Waals surface area contributed by atoms with Gasteiger partial charge in [-0.3, -0.25) is 19.2 Å². The van der Waals surface area contributed by atoms with Crippen LogP contribution in [-0.4, -0.2) is 46.6 Å². The lowest BCUT2D eigenvalue weighted by Crippen LogP contribution is -2.53. The molecule has 0 spiro atoms. The molecule has 4 amide bonds. The van der Waals surface area contributed by atoms with E-state index in [0.29, 0.717) is 0 Å². The summed E-state index contributed by atoms with van der Waals surface area (Å²) in [7, 11) is 0. The van der Waals surface area contributed by atoms with Crippen LogP contribution in [-0.2, 0) is 25.8 Å². The van der Waals surface area contributed by atoms with E-state index in [1.165, 1.54) is 6.92 Å². The van der Waals surface area contributed by atoms with E-state index in [1.807, 2.05) is 47.8 Å². The van der Waals surface area contributed by atoms with Gasteiger partial charge in [0.2, 0.25) is 17.7 Å². The smallest absolute Gasteiger partial charge is 0.405 e. The highest BCUT2D eigenvalue weighted by atomic mass is 16.7.